The smallest absolute Gasteiger partial charge is 0.325 e. The van der Waals surface area contributed by atoms with Gasteiger partial charge in [0.15, 0.2) is 0 Å². The molecule has 6 nitrogen and oxygen atoms in total. The summed E-state index contributed by atoms with van der Waals surface area (Å²) >= 11 is 0. The van der Waals surface area contributed by atoms with Crippen LogP contribution in [0.15, 0.2) is 60.7 Å². The number of imide groups is 1. The van der Waals surface area contributed by atoms with Crippen molar-refractivity contribution in [2.75, 3.05) is 6.54 Å². The number of nitrogens with one attached hydrogen (secondary N) is 2. The maximum absolute atomic E-state index is 12.7. The highest BCUT2D eigenvalue weighted by Gasteiger charge is 2.39. The van der Waals surface area contributed by atoms with Crippen LogP contribution in [0.25, 0.3) is 0 Å². The van der Waals surface area contributed by atoms with Crippen molar-refractivity contribution in [3.05, 3.63) is 71.8 Å². The van der Waals surface area contributed by atoms with Crippen molar-refractivity contribution in [1.29, 1.82) is 0 Å². The first-order chi connectivity index (χ1) is 13.5. The van der Waals surface area contributed by atoms with E-state index < -0.39 is 12.1 Å². The zero-order valence-electron chi connectivity index (χ0n) is 16.1. The average molecular weight is 379 g/mol. The monoisotopic (exact) mass is 379 g/mol. The van der Waals surface area contributed by atoms with Gasteiger partial charge >= 0.3 is 6.03 Å². The average Bonchev–Trinajstić information content (AvgIpc) is 2.94. The van der Waals surface area contributed by atoms with Crippen molar-refractivity contribution in [2.24, 2.45) is 5.92 Å². The third kappa shape index (κ3) is 4.57. The Kier molecular flexibility index (Phi) is 6.09. The summed E-state index contributed by atoms with van der Waals surface area (Å²) in [5, 5.41) is 5.62. The topological polar surface area (TPSA) is 78.5 Å². The number of nitrogens with zero attached hydrogens (tertiary/aromatic N) is 1. The summed E-state index contributed by atoms with van der Waals surface area (Å²) in [6.07, 6.45) is 0.555. The van der Waals surface area contributed by atoms with Crippen molar-refractivity contribution in [1.82, 2.24) is 15.5 Å². The van der Waals surface area contributed by atoms with Crippen LogP contribution in [0.3, 0.4) is 0 Å². The van der Waals surface area contributed by atoms with Gasteiger partial charge in [-0.05, 0) is 23.5 Å². The fourth-order valence-electron chi connectivity index (χ4n) is 3.36. The molecule has 4 amide bonds. The van der Waals surface area contributed by atoms with Gasteiger partial charge in [0, 0.05) is 0 Å². The van der Waals surface area contributed by atoms with Crippen molar-refractivity contribution < 1.29 is 14.4 Å². The molecule has 0 radical (unpaired) electrons. The third-order valence-electron chi connectivity index (χ3n) is 4.69. The van der Waals surface area contributed by atoms with Crippen LogP contribution in [-0.4, -0.2) is 35.3 Å². The molecule has 0 aromatic heterocycles. The minimum absolute atomic E-state index is 0.267. The lowest BCUT2D eigenvalue weighted by molar-refractivity contribution is -0.132. The van der Waals surface area contributed by atoms with E-state index in [1.165, 1.54) is 0 Å². The Hall–Kier alpha value is -3.15. The van der Waals surface area contributed by atoms with Crippen LogP contribution >= 0.6 is 0 Å². The molecule has 1 atom stereocenters. The second-order valence-electron chi connectivity index (χ2n) is 7.38. The molecule has 3 rings (SSSR count). The Bertz CT molecular complexity index is 797. The minimum atomic E-state index is -0.556. The summed E-state index contributed by atoms with van der Waals surface area (Å²) in [5.74, 6) is -0.459. The summed E-state index contributed by atoms with van der Waals surface area (Å²) in [5.41, 5.74) is 1.86. The molecular weight excluding hydrogens is 354 g/mol. The zero-order chi connectivity index (χ0) is 20.1. The largest absolute Gasteiger partial charge is 0.344 e. The molecule has 2 aromatic carbocycles. The predicted molar refractivity (Wildman–Crippen MR) is 106 cm³/mol. The SMILES string of the molecule is CC(C)C[C@@H]1NC(=O)N(CC(=O)NC(c2ccccc2)c2ccccc2)C1=O. The Morgan fingerprint density at radius 3 is 2.04 bits per heavy atom. The molecule has 6 heteroatoms. The lowest BCUT2D eigenvalue weighted by Gasteiger charge is -2.21. The molecule has 2 N–H and O–H groups in total. The highest BCUT2D eigenvalue weighted by atomic mass is 16.2. The molecule has 1 fully saturated rings. The van der Waals surface area contributed by atoms with E-state index in [-0.39, 0.29) is 30.3 Å². The van der Waals surface area contributed by atoms with Gasteiger partial charge in [-0.15, -0.1) is 0 Å². The van der Waals surface area contributed by atoms with E-state index in [0.29, 0.717) is 6.42 Å². The molecule has 0 unspecified atom stereocenters. The molecule has 0 aliphatic carbocycles. The van der Waals surface area contributed by atoms with Gasteiger partial charge < -0.3 is 10.6 Å². The number of rotatable bonds is 7. The van der Waals surface area contributed by atoms with Gasteiger partial charge in [0.05, 0.1) is 6.04 Å². The Morgan fingerprint density at radius 2 is 1.54 bits per heavy atom. The van der Waals surface area contributed by atoms with Crippen LogP contribution in [0.5, 0.6) is 0 Å². The molecule has 1 aliphatic heterocycles. The molecule has 2 aromatic rings. The summed E-state index contributed by atoms with van der Waals surface area (Å²) in [4.78, 5) is 38.3. The van der Waals surface area contributed by atoms with E-state index in [1.807, 2.05) is 74.5 Å². The number of hydrogen-bond donors (Lipinski definition) is 2. The van der Waals surface area contributed by atoms with Gasteiger partial charge in [-0.25, -0.2) is 4.79 Å². The van der Waals surface area contributed by atoms with Crippen molar-refractivity contribution in [2.45, 2.75) is 32.4 Å². The van der Waals surface area contributed by atoms with Crippen molar-refractivity contribution >= 4 is 17.8 Å². The maximum Gasteiger partial charge on any atom is 0.325 e. The number of benzene rings is 2. The van der Waals surface area contributed by atoms with Crippen molar-refractivity contribution in [3.8, 4) is 0 Å². The fraction of sp³-hybridized carbons (Fsp3) is 0.318. The minimum Gasteiger partial charge on any atom is -0.344 e. The third-order valence-corrected chi connectivity index (χ3v) is 4.69. The molecule has 28 heavy (non-hydrogen) atoms. The van der Waals surface area contributed by atoms with Crippen LogP contribution < -0.4 is 10.6 Å². The highest BCUT2D eigenvalue weighted by Crippen LogP contribution is 2.22. The van der Waals surface area contributed by atoms with E-state index in [4.69, 9.17) is 0 Å². The number of carbonyl (C=O) groups is 3. The van der Waals surface area contributed by atoms with E-state index in [9.17, 15) is 14.4 Å². The van der Waals surface area contributed by atoms with Gasteiger partial charge in [0.2, 0.25) is 5.91 Å². The standard InChI is InChI=1S/C22H25N3O3/c1-15(2)13-18-21(27)25(22(28)23-18)14-19(26)24-20(16-9-5-3-6-10-16)17-11-7-4-8-12-17/h3-12,15,18,20H,13-14H2,1-2H3,(H,23,28)(H,24,26)/t18-/m0/s1. The number of hydrogen-bond acceptors (Lipinski definition) is 3. The summed E-state index contributed by atoms with van der Waals surface area (Å²) < 4.78 is 0. The van der Waals surface area contributed by atoms with E-state index in [0.717, 1.165) is 16.0 Å². The van der Waals surface area contributed by atoms with Gasteiger partial charge in [-0.2, -0.15) is 0 Å². The lowest BCUT2D eigenvalue weighted by atomic mass is 9.99. The molecule has 0 bridgehead atoms. The van der Waals surface area contributed by atoms with E-state index in [1.54, 1.807) is 0 Å². The van der Waals surface area contributed by atoms with Gasteiger partial charge in [-0.3, -0.25) is 14.5 Å². The first-order valence-electron chi connectivity index (χ1n) is 9.47. The second kappa shape index (κ2) is 8.69. The molecule has 0 saturated carbocycles. The Morgan fingerprint density at radius 1 is 1.00 bits per heavy atom. The molecular formula is C22H25N3O3. The van der Waals surface area contributed by atoms with Gasteiger partial charge in [0.1, 0.15) is 12.6 Å². The van der Waals surface area contributed by atoms with Crippen LogP contribution in [0, 0.1) is 5.92 Å². The summed E-state index contributed by atoms with van der Waals surface area (Å²) in [6.45, 7) is 3.67. The summed E-state index contributed by atoms with van der Waals surface area (Å²) in [7, 11) is 0. The number of amides is 4. The van der Waals surface area contributed by atoms with Crippen LogP contribution in [0.1, 0.15) is 37.4 Å². The second-order valence-corrected chi connectivity index (χ2v) is 7.38. The quantitative estimate of drug-likeness (QED) is 0.726. The Labute approximate surface area is 164 Å². The van der Waals surface area contributed by atoms with Gasteiger partial charge in [-0.1, -0.05) is 74.5 Å². The summed E-state index contributed by atoms with van der Waals surface area (Å²) in [6, 6.07) is 17.8. The van der Waals surface area contributed by atoms with Crippen LogP contribution in [0.4, 0.5) is 4.79 Å². The lowest BCUT2D eigenvalue weighted by Crippen LogP contribution is -2.42. The van der Waals surface area contributed by atoms with E-state index >= 15 is 0 Å². The molecule has 1 heterocycles. The van der Waals surface area contributed by atoms with Gasteiger partial charge in [0.25, 0.3) is 5.91 Å². The molecule has 1 aliphatic rings. The number of urea groups is 1. The van der Waals surface area contributed by atoms with E-state index in [2.05, 4.69) is 10.6 Å². The van der Waals surface area contributed by atoms with Crippen LogP contribution in [-0.2, 0) is 9.59 Å². The predicted octanol–water partition coefficient (Wildman–Crippen LogP) is 2.86. The fourth-order valence-corrected chi connectivity index (χ4v) is 3.36. The van der Waals surface area contributed by atoms with Crippen LogP contribution in [0.2, 0.25) is 0 Å². The molecule has 1 saturated heterocycles. The first-order valence-corrected chi connectivity index (χ1v) is 9.47. The maximum atomic E-state index is 12.7. The first kappa shape index (κ1) is 19.6. The molecule has 0 spiro atoms. The highest BCUT2D eigenvalue weighted by molar-refractivity contribution is 6.06. The Balaban J connectivity index is 1.73. The zero-order valence-corrected chi connectivity index (χ0v) is 16.1. The number of carbonyl (C=O) groups excluding carboxylic acids is 3. The molecule has 146 valence electrons. The normalized spacial score (nSPS) is 16.6. The van der Waals surface area contributed by atoms with Crippen molar-refractivity contribution in [3.63, 3.8) is 0 Å².